The number of aryl methyl sites for hydroxylation is 1. The standard InChI is InChI=1S/C13H12N2/c1-2-10-8-9-5-6-12-11(13(9)15-10)4-3-7-14-12/h3-8,15H,2H2,1H3. The van der Waals surface area contributed by atoms with Crippen molar-refractivity contribution in [2.75, 3.05) is 0 Å². The molecule has 0 saturated heterocycles. The predicted molar refractivity (Wildman–Crippen MR) is 63.0 cm³/mol. The van der Waals surface area contributed by atoms with Gasteiger partial charge in [-0.3, -0.25) is 4.98 Å². The highest BCUT2D eigenvalue weighted by Crippen LogP contribution is 2.24. The number of nitrogens with zero attached hydrogens (tertiary/aromatic N) is 1. The van der Waals surface area contributed by atoms with Gasteiger partial charge in [-0.2, -0.15) is 0 Å². The van der Waals surface area contributed by atoms with E-state index >= 15 is 0 Å². The Morgan fingerprint density at radius 3 is 3.07 bits per heavy atom. The molecule has 2 heterocycles. The molecule has 0 unspecified atom stereocenters. The largest absolute Gasteiger partial charge is 0.358 e. The van der Waals surface area contributed by atoms with E-state index in [-0.39, 0.29) is 0 Å². The van der Waals surface area contributed by atoms with E-state index in [4.69, 9.17) is 0 Å². The summed E-state index contributed by atoms with van der Waals surface area (Å²) in [5, 5.41) is 2.47. The molecule has 2 aromatic heterocycles. The number of hydrogen-bond donors (Lipinski definition) is 1. The van der Waals surface area contributed by atoms with E-state index in [1.165, 1.54) is 22.0 Å². The summed E-state index contributed by atoms with van der Waals surface area (Å²) in [6.07, 6.45) is 2.87. The summed E-state index contributed by atoms with van der Waals surface area (Å²) in [5.41, 5.74) is 3.54. The molecule has 0 saturated carbocycles. The van der Waals surface area contributed by atoms with Gasteiger partial charge in [-0.1, -0.05) is 13.0 Å². The summed E-state index contributed by atoms with van der Waals surface area (Å²) in [6.45, 7) is 2.16. The summed E-state index contributed by atoms with van der Waals surface area (Å²) in [7, 11) is 0. The molecule has 2 nitrogen and oxygen atoms in total. The van der Waals surface area contributed by atoms with Gasteiger partial charge in [-0.15, -0.1) is 0 Å². The minimum atomic E-state index is 1.04. The van der Waals surface area contributed by atoms with Crippen LogP contribution in [0.1, 0.15) is 12.6 Å². The first-order valence-electron chi connectivity index (χ1n) is 5.24. The van der Waals surface area contributed by atoms with Gasteiger partial charge in [0, 0.05) is 22.7 Å². The van der Waals surface area contributed by atoms with E-state index in [1.807, 2.05) is 12.3 Å². The van der Waals surface area contributed by atoms with Crippen molar-refractivity contribution in [3.05, 3.63) is 42.2 Å². The SMILES string of the molecule is CCc1cc2ccc3ncccc3c2[nH]1. The minimum absolute atomic E-state index is 1.04. The number of rotatable bonds is 1. The van der Waals surface area contributed by atoms with Gasteiger partial charge in [-0.05, 0) is 30.7 Å². The highest BCUT2D eigenvalue weighted by molar-refractivity contribution is 6.04. The van der Waals surface area contributed by atoms with Crippen molar-refractivity contribution < 1.29 is 0 Å². The number of aromatic nitrogens is 2. The maximum atomic E-state index is 4.35. The third kappa shape index (κ3) is 1.22. The van der Waals surface area contributed by atoms with Crippen molar-refractivity contribution in [2.45, 2.75) is 13.3 Å². The van der Waals surface area contributed by atoms with Crippen LogP contribution in [0.5, 0.6) is 0 Å². The van der Waals surface area contributed by atoms with E-state index < -0.39 is 0 Å². The average Bonchev–Trinajstić information content (AvgIpc) is 2.72. The second-order valence-electron chi connectivity index (χ2n) is 3.75. The fourth-order valence-corrected chi connectivity index (χ4v) is 2.00. The van der Waals surface area contributed by atoms with Crippen molar-refractivity contribution in [3.8, 4) is 0 Å². The lowest BCUT2D eigenvalue weighted by atomic mass is 10.1. The lowest BCUT2D eigenvalue weighted by Crippen LogP contribution is -1.79. The van der Waals surface area contributed by atoms with E-state index in [9.17, 15) is 0 Å². The van der Waals surface area contributed by atoms with E-state index in [1.54, 1.807) is 0 Å². The lowest BCUT2D eigenvalue weighted by Gasteiger charge is -1.97. The highest BCUT2D eigenvalue weighted by atomic mass is 14.7. The molecule has 3 rings (SSSR count). The fraction of sp³-hybridized carbons (Fsp3) is 0.154. The van der Waals surface area contributed by atoms with Crippen LogP contribution in [-0.4, -0.2) is 9.97 Å². The molecule has 0 spiro atoms. The van der Waals surface area contributed by atoms with Crippen LogP contribution in [0.25, 0.3) is 21.8 Å². The normalized spacial score (nSPS) is 11.3. The summed E-state index contributed by atoms with van der Waals surface area (Å²) in [6, 6.07) is 10.5. The Hall–Kier alpha value is -1.83. The molecule has 0 aliphatic carbocycles. The van der Waals surface area contributed by atoms with Crippen molar-refractivity contribution in [1.29, 1.82) is 0 Å². The Morgan fingerprint density at radius 1 is 1.27 bits per heavy atom. The van der Waals surface area contributed by atoms with Gasteiger partial charge >= 0.3 is 0 Å². The van der Waals surface area contributed by atoms with Crippen molar-refractivity contribution >= 4 is 21.8 Å². The maximum Gasteiger partial charge on any atom is 0.0723 e. The monoisotopic (exact) mass is 196 g/mol. The highest BCUT2D eigenvalue weighted by Gasteiger charge is 2.03. The van der Waals surface area contributed by atoms with Gasteiger partial charge in [0.15, 0.2) is 0 Å². The van der Waals surface area contributed by atoms with Crippen LogP contribution >= 0.6 is 0 Å². The van der Waals surface area contributed by atoms with Crippen molar-refractivity contribution in [1.82, 2.24) is 9.97 Å². The molecule has 1 N–H and O–H groups in total. The van der Waals surface area contributed by atoms with Crippen LogP contribution in [-0.2, 0) is 6.42 Å². The molecular formula is C13H12N2. The number of nitrogens with one attached hydrogen (secondary N) is 1. The molecule has 0 bridgehead atoms. The molecule has 0 aliphatic heterocycles. The summed E-state index contributed by atoms with van der Waals surface area (Å²) >= 11 is 0. The first-order valence-corrected chi connectivity index (χ1v) is 5.24. The molecule has 0 radical (unpaired) electrons. The Kier molecular flexibility index (Phi) is 1.75. The number of benzene rings is 1. The Labute approximate surface area is 88.0 Å². The zero-order valence-corrected chi connectivity index (χ0v) is 8.62. The molecule has 74 valence electrons. The second-order valence-corrected chi connectivity index (χ2v) is 3.75. The number of H-pyrrole nitrogens is 1. The molecule has 0 fully saturated rings. The van der Waals surface area contributed by atoms with Gasteiger partial charge in [0.25, 0.3) is 0 Å². The molecular weight excluding hydrogens is 184 g/mol. The number of fused-ring (bicyclic) bond motifs is 3. The van der Waals surface area contributed by atoms with E-state index in [2.05, 4.69) is 41.2 Å². The maximum absolute atomic E-state index is 4.35. The molecule has 2 heteroatoms. The molecule has 0 amide bonds. The molecule has 0 atom stereocenters. The van der Waals surface area contributed by atoms with Crippen LogP contribution < -0.4 is 0 Å². The van der Waals surface area contributed by atoms with Gasteiger partial charge in [0.05, 0.1) is 11.0 Å². The number of aromatic amines is 1. The predicted octanol–water partition coefficient (Wildman–Crippen LogP) is 3.28. The quantitative estimate of drug-likeness (QED) is 0.635. The summed E-state index contributed by atoms with van der Waals surface area (Å²) < 4.78 is 0. The molecule has 0 aliphatic rings. The van der Waals surface area contributed by atoms with Gasteiger partial charge in [0.2, 0.25) is 0 Å². The third-order valence-corrected chi connectivity index (χ3v) is 2.81. The molecule has 15 heavy (non-hydrogen) atoms. The number of hydrogen-bond acceptors (Lipinski definition) is 1. The van der Waals surface area contributed by atoms with Crippen LogP contribution in [0.4, 0.5) is 0 Å². The smallest absolute Gasteiger partial charge is 0.0723 e. The van der Waals surface area contributed by atoms with E-state index in [0.29, 0.717) is 0 Å². The first kappa shape index (κ1) is 8.48. The van der Waals surface area contributed by atoms with Crippen LogP contribution in [0, 0.1) is 0 Å². The lowest BCUT2D eigenvalue weighted by molar-refractivity contribution is 1.08. The first-order chi connectivity index (χ1) is 7.38. The van der Waals surface area contributed by atoms with Crippen LogP contribution in [0.3, 0.4) is 0 Å². The zero-order chi connectivity index (χ0) is 10.3. The Bertz CT molecular complexity index is 623. The van der Waals surface area contributed by atoms with Gasteiger partial charge in [0.1, 0.15) is 0 Å². The number of pyridine rings is 1. The molecule has 1 aromatic carbocycles. The zero-order valence-electron chi connectivity index (χ0n) is 8.62. The summed E-state index contributed by atoms with van der Waals surface area (Å²) in [5.74, 6) is 0. The van der Waals surface area contributed by atoms with Gasteiger partial charge in [-0.25, -0.2) is 0 Å². The Morgan fingerprint density at radius 2 is 2.20 bits per heavy atom. The van der Waals surface area contributed by atoms with E-state index in [0.717, 1.165) is 11.9 Å². The topological polar surface area (TPSA) is 28.7 Å². The molecule has 3 aromatic rings. The average molecular weight is 196 g/mol. The Balaban J connectivity index is 2.47. The third-order valence-electron chi connectivity index (χ3n) is 2.81. The van der Waals surface area contributed by atoms with Gasteiger partial charge < -0.3 is 4.98 Å². The van der Waals surface area contributed by atoms with Crippen LogP contribution in [0.2, 0.25) is 0 Å². The van der Waals surface area contributed by atoms with Crippen LogP contribution in [0.15, 0.2) is 36.5 Å². The van der Waals surface area contributed by atoms with Crippen molar-refractivity contribution in [3.63, 3.8) is 0 Å². The summed E-state index contributed by atoms with van der Waals surface area (Å²) in [4.78, 5) is 7.79. The minimum Gasteiger partial charge on any atom is -0.358 e. The fourth-order valence-electron chi connectivity index (χ4n) is 2.00. The second kappa shape index (κ2) is 3.09. The van der Waals surface area contributed by atoms with Crippen molar-refractivity contribution in [2.24, 2.45) is 0 Å².